The summed E-state index contributed by atoms with van der Waals surface area (Å²) in [4.78, 5) is 26.8. The second-order valence-electron chi connectivity index (χ2n) is 7.70. The number of ether oxygens (including phenoxy) is 1. The van der Waals surface area contributed by atoms with Gasteiger partial charge in [-0.3, -0.25) is 9.59 Å². The van der Waals surface area contributed by atoms with Crippen molar-refractivity contribution < 1.29 is 14.3 Å². The number of nitrogens with zero attached hydrogens (tertiary/aromatic N) is 2. The molecule has 4 atom stereocenters. The van der Waals surface area contributed by atoms with Gasteiger partial charge in [-0.15, -0.1) is 0 Å². The molecule has 0 aromatic heterocycles. The van der Waals surface area contributed by atoms with Gasteiger partial charge in [0.2, 0.25) is 5.91 Å². The number of carbonyl (C=O) groups is 2. The van der Waals surface area contributed by atoms with Crippen LogP contribution in [0.15, 0.2) is 24.3 Å². The standard InChI is InChI=1S/C21H26N2O3/c1-14-4-3-5-19(15(14)2)23-12-18(10-20(23)24)21(25)26-13-17-8-6-16(11-22)7-9-17/h6-9,14-15,18-19H,3-5,10,12-13H2,1-2H3/t14-,15-,18-,19+/m1/s1. The molecule has 1 saturated carbocycles. The summed E-state index contributed by atoms with van der Waals surface area (Å²) in [6.45, 7) is 5.12. The Morgan fingerprint density at radius 2 is 2.00 bits per heavy atom. The van der Waals surface area contributed by atoms with Crippen molar-refractivity contribution in [2.75, 3.05) is 6.54 Å². The van der Waals surface area contributed by atoms with Crippen molar-refractivity contribution in [2.45, 2.75) is 52.2 Å². The van der Waals surface area contributed by atoms with E-state index in [1.807, 2.05) is 4.90 Å². The van der Waals surface area contributed by atoms with Gasteiger partial charge in [-0.25, -0.2) is 0 Å². The van der Waals surface area contributed by atoms with Crippen molar-refractivity contribution in [3.8, 4) is 6.07 Å². The van der Waals surface area contributed by atoms with E-state index < -0.39 is 0 Å². The zero-order valence-electron chi connectivity index (χ0n) is 15.5. The normalized spacial score (nSPS) is 28.7. The van der Waals surface area contributed by atoms with Gasteiger partial charge in [0.1, 0.15) is 6.61 Å². The fourth-order valence-electron chi connectivity index (χ4n) is 4.15. The van der Waals surface area contributed by atoms with Crippen LogP contribution in [0.5, 0.6) is 0 Å². The highest BCUT2D eigenvalue weighted by atomic mass is 16.5. The number of benzene rings is 1. The number of hydrogen-bond acceptors (Lipinski definition) is 4. The zero-order chi connectivity index (χ0) is 18.7. The van der Waals surface area contributed by atoms with Gasteiger partial charge in [-0.05, 0) is 36.0 Å². The predicted molar refractivity (Wildman–Crippen MR) is 96.7 cm³/mol. The minimum absolute atomic E-state index is 0.0799. The number of carbonyl (C=O) groups excluding carboxylic acids is 2. The van der Waals surface area contributed by atoms with Crippen molar-refractivity contribution in [1.29, 1.82) is 5.26 Å². The molecule has 2 aliphatic rings. The molecule has 0 spiro atoms. The SMILES string of the molecule is C[C@@H]1[C@H](C)CCC[C@@H]1N1C[C@H](C(=O)OCc2ccc(C#N)cc2)CC1=O. The van der Waals surface area contributed by atoms with Crippen LogP contribution < -0.4 is 0 Å². The number of nitriles is 1. The largest absolute Gasteiger partial charge is 0.461 e. The van der Waals surface area contributed by atoms with Crippen LogP contribution in [0.3, 0.4) is 0 Å². The van der Waals surface area contributed by atoms with E-state index in [2.05, 4.69) is 19.9 Å². The van der Waals surface area contributed by atoms with Crippen molar-refractivity contribution in [2.24, 2.45) is 17.8 Å². The maximum absolute atomic E-state index is 12.5. The van der Waals surface area contributed by atoms with Crippen LogP contribution in [0.1, 0.15) is 50.7 Å². The van der Waals surface area contributed by atoms with Crippen LogP contribution in [0.4, 0.5) is 0 Å². The Bertz CT molecular complexity index is 707. The number of amides is 1. The van der Waals surface area contributed by atoms with E-state index in [9.17, 15) is 9.59 Å². The van der Waals surface area contributed by atoms with Gasteiger partial charge >= 0.3 is 5.97 Å². The maximum atomic E-state index is 12.5. The molecule has 0 unspecified atom stereocenters. The summed E-state index contributed by atoms with van der Waals surface area (Å²) in [6, 6.07) is 9.28. The first kappa shape index (κ1) is 18.4. The first-order valence-electron chi connectivity index (χ1n) is 9.44. The van der Waals surface area contributed by atoms with Crippen LogP contribution in [0.2, 0.25) is 0 Å². The molecule has 2 fully saturated rings. The number of esters is 1. The maximum Gasteiger partial charge on any atom is 0.311 e. The minimum Gasteiger partial charge on any atom is -0.461 e. The van der Waals surface area contributed by atoms with Gasteiger partial charge in [-0.2, -0.15) is 5.26 Å². The first-order valence-corrected chi connectivity index (χ1v) is 9.44. The highest BCUT2D eigenvalue weighted by molar-refractivity contribution is 5.87. The van der Waals surface area contributed by atoms with Crippen LogP contribution >= 0.6 is 0 Å². The zero-order valence-corrected chi connectivity index (χ0v) is 15.5. The lowest BCUT2D eigenvalue weighted by Gasteiger charge is -2.39. The number of rotatable bonds is 4. The molecule has 0 radical (unpaired) electrons. The third-order valence-corrected chi connectivity index (χ3v) is 6.02. The summed E-state index contributed by atoms with van der Waals surface area (Å²) in [5, 5.41) is 8.81. The Balaban J connectivity index is 1.55. The third kappa shape index (κ3) is 3.90. The second-order valence-corrected chi connectivity index (χ2v) is 7.70. The molecule has 5 heteroatoms. The van der Waals surface area contributed by atoms with Gasteiger partial charge in [-0.1, -0.05) is 38.8 Å². The molecule has 3 rings (SSSR count). The predicted octanol–water partition coefficient (Wildman–Crippen LogP) is 3.27. The van der Waals surface area contributed by atoms with Crippen molar-refractivity contribution in [1.82, 2.24) is 4.90 Å². The number of hydrogen-bond donors (Lipinski definition) is 0. The second kappa shape index (κ2) is 7.90. The van der Waals surface area contributed by atoms with E-state index in [4.69, 9.17) is 10.00 Å². The van der Waals surface area contributed by atoms with Crippen LogP contribution in [0, 0.1) is 29.1 Å². The molecule has 26 heavy (non-hydrogen) atoms. The van der Waals surface area contributed by atoms with Crippen LogP contribution in [-0.4, -0.2) is 29.4 Å². The average molecular weight is 354 g/mol. The van der Waals surface area contributed by atoms with Crippen LogP contribution in [-0.2, 0) is 20.9 Å². The molecule has 1 saturated heterocycles. The van der Waals surface area contributed by atoms with Gasteiger partial charge in [0.15, 0.2) is 0 Å². The van der Waals surface area contributed by atoms with Gasteiger partial charge in [0.25, 0.3) is 0 Å². The molecule has 1 aliphatic heterocycles. The molecular weight excluding hydrogens is 328 g/mol. The Morgan fingerprint density at radius 1 is 1.27 bits per heavy atom. The molecule has 1 aromatic carbocycles. The van der Waals surface area contributed by atoms with Gasteiger partial charge in [0, 0.05) is 19.0 Å². The lowest BCUT2D eigenvalue weighted by molar-refractivity contribution is -0.149. The molecule has 0 N–H and O–H groups in total. The summed E-state index contributed by atoms with van der Waals surface area (Å²) in [6.07, 6.45) is 3.65. The minimum atomic E-state index is -0.370. The van der Waals surface area contributed by atoms with E-state index in [-0.39, 0.29) is 36.9 Å². The fourth-order valence-corrected chi connectivity index (χ4v) is 4.15. The molecule has 138 valence electrons. The molecule has 1 aromatic rings. The third-order valence-electron chi connectivity index (χ3n) is 6.02. The summed E-state index contributed by atoms with van der Waals surface area (Å²) in [7, 11) is 0. The smallest absolute Gasteiger partial charge is 0.311 e. The van der Waals surface area contributed by atoms with E-state index in [0.717, 1.165) is 18.4 Å². The van der Waals surface area contributed by atoms with E-state index in [0.29, 0.717) is 23.9 Å². The molecule has 1 aliphatic carbocycles. The highest BCUT2D eigenvalue weighted by Gasteiger charge is 2.42. The van der Waals surface area contributed by atoms with E-state index >= 15 is 0 Å². The molecule has 0 bridgehead atoms. The lowest BCUT2D eigenvalue weighted by Crippen LogP contribution is -2.45. The lowest BCUT2D eigenvalue weighted by atomic mass is 9.77. The Hall–Kier alpha value is -2.35. The monoisotopic (exact) mass is 354 g/mol. The molecular formula is C21H26N2O3. The number of likely N-dealkylation sites (tertiary alicyclic amines) is 1. The summed E-state index contributed by atoms with van der Waals surface area (Å²) in [5.74, 6) is 0.494. The first-order chi connectivity index (χ1) is 12.5. The summed E-state index contributed by atoms with van der Waals surface area (Å²) >= 11 is 0. The summed E-state index contributed by atoms with van der Waals surface area (Å²) < 4.78 is 5.42. The Labute approximate surface area is 154 Å². The van der Waals surface area contributed by atoms with E-state index in [1.54, 1.807) is 24.3 Å². The van der Waals surface area contributed by atoms with Crippen molar-refractivity contribution in [3.63, 3.8) is 0 Å². The molecule has 1 heterocycles. The van der Waals surface area contributed by atoms with Crippen LogP contribution in [0.25, 0.3) is 0 Å². The van der Waals surface area contributed by atoms with Gasteiger partial charge in [0.05, 0.1) is 17.6 Å². The highest BCUT2D eigenvalue weighted by Crippen LogP contribution is 2.35. The van der Waals surface area contributed by atoms with Crippen molar-refractivity contribution in [3.05, 3.63) is 35.4 Å². The van der Waals surface area contributed by atoms with Crippen molar-refractivity contribution >= 4 is 11.9 Å². The quantitative estimate of drug-likeness (QED) is 0.778. The summed E-state index contributed by atoms with van der Waals surface area (Å²) in [5.41, 5.74) is 1.42. The molecule has 5 nitrogen and oxygen atoms in total. The molecule has 1 amide bonds. The topological polar surface area (TPSA) is 70.4 Å². The van der Waals surface area contributed by atoms with E-state index in [1.165, 1.54) is 6.42 Å². The Kier molecular flexibility index (Phi) is 5.61. The van der Waals surface area contributed by atoms with Gasteiger partial charge < -0.3 is 9.64 Å². The Morgan fingerprint density at radius 3 is 2.69 bits per heavy atom. The average Bonchev–Trinajstić information content (AvgIpc) is 3.04. The fraction of sp³-hybridized carbons (Fsp3) is 0.571.